The predicted molar refractivity (Wildman–Crippen MR) is 146 cm³/mol. The van der Waals surface area contributed by atoms with Crippen LogP contribution in [-0.2, 0) is 23.1 Å². The van der Waals surface area contributed by atoms with Crippen molar-refractivity contribution >= 4 is 11.6 Å². The van der Waals surface area contributed by atoms with Crippen LogP contribution in [0.15, 0.2) is 35.6 Å². The number of halogens is 1. The maximum atomic E-state index is 14.9. The fraction of sp³-hybridized carbons (Fsp3) is 0.516. The summed E-state index contributed by atoms with van der Waals surface area (Å²) in [5, 5.41) is 25.2. The van der Waals surface area contributed by atoms with Gasteiger partial charge in [0.15, 0.2) is 11.6 Å². The molecule has 0 bridgehead atoms. The zero-order valence-corrected chi connectivity index (χ0v) is 23.2. The third kappa shape index (κ3) is 5.19. The summed E-state index contributed by atoms with van der Waals surface area (Å²) < 4.78 is 16.6. The van der Waals surface area contributed by atoms with Crippen LogP contribution >= 0.6 is 0 Å². The van der Waals surface area contributed by atoms with Crippen LogP contribution in [0.5, 0.6) is 0 Å². The van der Waals surface area contributed by atoms with Gasteiger partial charge in [0.2, 0.25) is 0 Å². The lowest BCUT2D eigenvalue weighted by Crippen LogP contribution is -2.37. The minimum Gasteiger partial charge on any atom is -0.512 e. The molecule has 0 radical (unpaired) electrons. The molecular formula is C31H36FN5O2. The highest BCUT2D eigenvalue weighted by Crippen LogP contribution is 2.52. The van der Waals surface area contributed by atoms with Crippen molar-refractivity contribution in [2.24, 2.45) is 11.3 Å². The summed E-state index contributed by atoms with van der Waals surface area (Å²) in [6.07, 6.45) is 6.60. The molecule has 7 nitrogen and oxygen atoms in total. The van der Waals surface area contributed by atoms with Crippen LogP contribution in [0.25, 0.3) is 5.78 Å². The maximum absolute atomic E-state index is 14.9. The molecule has 5 rings (SSSR count). The van der Waals surface area contributed by atoms with E-state index in [0.29, 0.717) is 54.3 Å². The number of aryl methyl sites for hydroxylation is 3. The average molecular weight is 530 g/mol. The second-order valence-electron chi connectivity index (χ2n) is 12.1. The molecule has 1 saturated carbocycles. The van der Waals surface area contributed by atoms with Crippen LogP contribution in [-0.4, -0.2) is 30.5 Å². The topological polar surface area (TPSA) is 104 Å². The Morgan fingerprint density at radius 1 is 1.18 bits per heavy atom. The number of nitrogens with zero attached hydrogens (tertiary/aromatic N) is 5. The molecule has 1 atom stereocenters. The minimum absolute atomic E-state index is 0.0531. The van der Waals surface area contributed by atoms with Gasteiger partial charge in [0.05, 0.1) is 17.2 Å². The van der Waals surface area contributed by atoms with E-state index in [1.54, 1.807) is 24.4 Å². The Kier molecular flexibility index (Phi) is 7.04. The molecule has 3 aromatic rings. The van der Waals surface area contributed by atoms with E-state index >= 15 is 0 Å². The van der Waals surface area contributed by atoms with Crippen molar-refractivity contribution in [3.8, 4) is 6.07 Å². The first-order valence-electron chi connectivity index (χ1n) is 13.9. The first kappa shape index (κ1) is 27.0. The molecule has 1 fully saturated rings. The number of aliphatic hydroxyl groups is 1. The molecule has 39 heavy (non-hydrogen) atoms. The molecular weight excluding hydrogens is 493 g/mol. The summed E-state index contributed by atoms with van der Waals surface area (Å²) in [5.41, 5.74) is 2.12. The van der Waals surface area contributed by atoms with E-state index in [-0.39, 0.29) is 29.2 Å². The summed E-state index contributed by atoms with van der Waals surface area (Å²) in [7, 11) is 0. The van der Waals surface area contributed by atoms with Gasteiger partial charge in [0.1, 0.15) is 5.82 Å². The number of nitriles is 1. The zero-order chi connectivity index (χ0) is 27.9. The highest BCUT2D eigenvalue weighted by Gasteiger charge is 2.46. The quantitative estimate of drug-likeness (QED) is 0.390. The summed E-state index contributed by atoms with van der Waals surface area (Å²) in [6, 6.07) is 9.21. The van der Waals surface area contributed by atoms with Gasteiger partial charge in [0.25, 0.3) is 5.78 Å². The smallest absolute Gasteiger partial charge is 0.252 e. The van der Waals surface area contributed by atoms with Crippen molar-refractivity contribution in [3.05, 3.63) is 69.8 Å². The molecule has 2 aliphatic rings. The number of Topliss-reactive ketones (excluding diaryl/α,β-unsaturated/α-hetero) is 1. The second-order valence-corrected chi connectivity index (χ2v) is 12.1. The van der Waals surface area contributed by atoms with Crippen LogP contribution in [0.2, 0.25) is 0 Å². The molecule has 1 aromatic carbocycles. The molecule has 2 heterocycles. The number of rotatable bonds is 7. The van der Waals surface area contributed by atoms with Crippen molar-refractivity contribution < 1.29 is 14.3 Å². The lowest BCUT2D eigenvalue weighted by Gasteiger charge is -2.42. The van der Waals surface area contributed by atoms with Crippen LogP contribution in [0.4, 0.5) is 4.39 Å². The molecule has 2 aromatic heterocycles. The first-order valence-corrected chi connectivity index (χ1v) is 13.9. The molecule has 0 unspecified atom stereocenters. The Bertz CT molecular complexity index is 1510. The van der Waals surface area contributed by atoms with Gasteiger partial charge in [-0.25, -0.2) is 13.9 Å². The van der Waals surface area contributed by atoms with Crippen molar-refractivity contribution in [1.29, 1.82) is 5.26 Å². The Morgan fingerprint density at radius 3 is 2.59 bits per heavy atom. The minimum atomic E-state index is -0.903. The third-order valence-corrected chi connectivity index (χ3v) is 8.83. The van der Waals surface area contributed by atoms with E-state index in [4.69, 9.17) is 0 Å². The maximum Gasteiger partial charge on any atom is 0.252 e. The Hall–Kier alpha value is -3.60. The van der Waals surface area contributed by atoms with Gasteiger partial charge in [-0.1, -0.05) is 25.0 Å². The Labute approximate surface area is 228 Å². The number of ketones is 1. The zero-order valence-electron chi connectivity index (χ0n) is 23.2. The van der Waals surface area contributed by atoms with Crippen LogP contribution in [0.1, 0.15) is 87.1 Å². The molecule has 204 valence electrons. The highest BCUT2D eigenvalue weighted by molar-refractivity contribution is 5.97. The number of fused-ring (bicyclic) bond motifs is 1. The summed E-state index contributed by atoms with van der Waals surface area (Å²) in [6.45, 7) is 7.25. The van der Waals surface area contributed by atoms with E-state index in [9.17, 15) is 19.6 Å². The molecule has 0 amide bonds. The number of allylic oxidation sites excluding steroid dienone is 2. The Morgan fingerprint density at radius 2 is 1.92 bits per heavy atom. The normalized spacial score (nSPS) is 20.7. The number of hydrogen-bond acceptors (Lipinski definition) is 6. The van der Waals surface area contributed by atoms with Gasteiger partial charge in [-0.05, 0) is 82.4 Å². The van der Waals surface area contributed by atoms with Crippen molar-refractivity contribution in [1.82, 2.24) is 19.6 Å². The van der Waals surface area contributed by atoms with Gasteiger partial charge < -0.3 is 5.11 Å². The lowest BCUT2D eigenvalue weighted by molar-refractivity contribution is -0.120. The number of aromatic nitrogens is 4. The molecule has 2 aliphatic carbocycles. The number of carbonyl (C=O) groups is 1. The average Bonchev–Trinajstić information content (AvgIpc) is 3.56. The molecule has 0 spiro atoms. The SMILES string of the molecule is Cc1cc(C)n2nc(CC3=C(O)C[C@](CCc4ccc(C(C)(C)C#N)c(F)c4)(C4CCCC4)CC3=O)nc2n1. The van der Waals surface area contributed by atoms with E-state index < -0.39 is 5.41 Å². The molecule has 1 N–H and O–H groups in total. The summed E-state index contributed by atoms with van der Waals surface area (Å²) in [4.78, 5) is 22.5. The monoisotopic (exact) mass is 529 g/mol. The van der Waals surface area contributed by atoms with Crippen LogP contribution in [0, 0.1) is 42.3 Å². The van der Waals surface area contributed by atoms with E-state index in [1.807, 2.05) is 26.0 Å². The highest BCUT2D eigenvalue weighted by atomic mass is 19.1. The number of hydrogen-bond donors (Lipinski definition) is 1. The van der Waals surface area contributed by atoms with Gasteiger partial charge in [-0.15, -0.1) is 5.10 Å². The Balaban J connectivity index is 1.39. The van der Waals surface area contributed by atoms with Crippen molar-refractivity contribution in [2.75, 3.05) is 0 Å². The van der Waals surface area contributed by atoms with Crippen molar-refractivity contribution in [2.45, 2.75) is 90.9 Å². The van der Waals surface area contributed by atoms with Gasteiger partial charge in [-0.3, -0.25) is 4.79 Å². The third-order valence-electron chi connectivity index (χ3n) is 8.83. The first-order chi connectivity index (χ1) is 18.5. The molecule has 0 aliphatic heterocycles. The van der Waals surface area contributed by atoms with E-state index in [0.717, 1.165) is 42.6 Å². The van der Waals surface area contributed by atoms with Crippen molar-refractivity contribution in [3.63, 3.8) is 0 Å². The van der Waals surface area contributed by atoms with Crippen LogP contribution in [0.3, 0.4) is 0 Å². The van der Waals surface area contributed by atoms with Gasteiger partial charge in [-0.2, -0.15) is 10.2 Å². The summed E-state index contributed by atoms with van der Waals surface area (Å²) >= 11 is 0. The van der Waals surface area contributed by atoms with Crippen LogP contribution < -0.4 is 0 Å². The number of carbonyl (C=O) groups excluding carboxylic acids is 1. The fourth-order valence-electron chi connectivity index (χ4n) is 6.61. The molecule has 8 heteroatoms. The van der Waals surface area contributed by atoms with E-state index in [2.05, 4.69) is 21.1 Å². The predicted octanol–water partition coefficient (Wildman–Crippen LogP) is 6.21. The standard InChI is InChI=1S/C31H36FN5O2/c1-19-13-20(2)37-29(34-19)35-28(36-37)15-23-26(38)16-31(17-27(23)39,22-7-5-6-8-22)12-11-21-9-10-24(25(32)14-21)30(3,4)18-33/h9-10,13-14,22,38H,5-8,11-12,15-17H2,1-4H3/t31-/m0/s1. The summed E-state index contributed by atoms with van der Waals surface area (Å²) in [5.74, 6) is 1.00. The number of benzene rings is 1. The lowest BCUT2D eigenvalue weighted by atomic mass is 9.62. The molecule has 0 saturated heterocycles. The van der Waals surface area contributed by atoms with Gasteiger partial charge >= 0.3 is 0 Å². The second kappa shape index (κ2) is 10.2. The number of aliphatic hydroxyl groups excluding tert-OH is 1. The van der Waals surface area contributed by atoms with E-state index in [1.165, 1.54) is 6.07 Å². The van der Waals surface area contributed by atoms with Gasteiger partial charge in [0, 0.05) is 41.8 Å². The largest absolute Gasteiger partial charge is 0.512 e. The fourth-order valence-corrected chi connectivity index (χ4v) is 6.61.